The number of methoxy groups -OCH3 is 1. The largest absolute Gasteiger partial charge is 0.497 e. The summed E-state index contributed by atoms with van der Waals surface area (Å²) in [5, 5.41) is 7.16. The average molecular weight is 536 g/mol. The zero-order chi connectivity index (χ0) is 20.8. The first-order chi connectivity index (χ1) is 14.8. The molecule has 6 nitrogen and oxygen atoms in total. The molecule has 168 valence electrons. The molecule has 3 unspecified atom stereocenters. The lowest BCUT2D eigenvalue weighted by Crippen LogP contribution is -2.46. The molecule has 1 saturated heterocycles. The number of hydrogen-bond donors (Lipinski definition) is 2. The molecule has 3 atom stereocenters. The van der Waals surface area contributed by atoms with Gasteiger partial charge >= 0.3 is 0 Å². The van der Waals surface area contributed by atoms with Crippen molar-refractivity contribution in [2.45, 2.75) is 24.4 Å². The van der Waals surface area contributed by atoms with Gasteiger partial charge in [-0.05, 0) is 29.7 Å². The second-order valence-corrected chi connectivity index (χ2v) is 7.89. The minimum atomic E-state index is 0. The fourth-order valence-electron chi connectivity index (χ4n) is 4.16. The number of halogens is 1. The molecule has 31 heavy (non-hydrogen) atoms. The summed E-state index contributed by atoms with van der Waals surface area (Å²) in [6.45, 7) is 4.21. The lowest BCUT2D eigenvalue weighted by molar-refractivity contribution is 0.0170. The molecule has 1 heterocycles. The first kappa shape index (κ1) is 23.8. The van der Waals surface area contributed by atoms with E-state index in [9.17, 15) is 0 Å². The van der Waals surface area contributed by atoms with Crippen molar-refractivity contribution in [1.82, 2.24) is 15.5 Å². The molecule has 2 N–H and O–H groups in total. The third-order valence-corrected chi connectivity index (χ3v) is 6.01. The Labute approximate surface area is 202 Å². The van der Waals surface area contributed by atoms with Gasteiger partial charge in [-0.25, -0.2) is 0 Å². The molecule has 4 rings (SSSR count). The van der Waals surface area contributed by atoms with E-state index < -0.39 is 0 Å². The maximum absolute atomic E-state index is 5.57. The second kappa shape index (κ2) is 11.7. The Hall–Kier alpha value is -1.84. The van der Waals surface area contributed by atoms with Gasteiger partial charge in [-0.1, -0.05) is 42.5 Å². The van der Waals surface area contributed by atoms with Gasteiger partial charge in [-0.3, -0.25) is 9.89 Å². The van der Waals surface area contributed by atoms with Gasteiger partial charge in [0.1, 0.15) is 5.75 Å². The van der Waals surface area contributed by atoms with Gasteiger partial charge in [0, 0.05) is 38.6 Å². The minimum Gasteiger partial charge on any atom is -0.497 e. The zero-order valence-corrected chi connectivity index (χ0v) is 20.6. The summed E-state index contributed by atoms with van der Waals surface area (Å²) in [4.78, 5) is 6.95. The highest BCUT2D eigenvalue weighted by Gasteiger charge is 2.39. The Kier molecular flexibility index (Phi) is 8.98. The van der Waals surface area contributed by atoms with Crippen LogP contribution >= 0.6 is 24.0 Å². The molecular formula is C24H33IN4O2. The van der Waals surface area contributed by atoms with E-state index in [1.165, 1.54) is 11.1 Å². The monoisotopic (exact) mass is 536 g/mol. The van der Waals surface area contributed by atoms with Crippen LogP contribution in [-0.4, -0.2) is 63.9 Å². The molecule has 1 aliphatic heterocycles. The number of morpholine rings is 1. The van der Waals surface area contributed by atoms with Gasteiger partial charge < -0.3 is 20.1 Å². The van der Waals surface area contributed by atoms with Crippen molar-refractivity contribution in [1.29, 1.82) is 0 Å². The molecule has 0 bridgehead atoms. The molecule has 2 aromatic rings. The second-order valence-electron chi connectivity index (χ2n) is 7.89. The molecule has 2 aliphatic rings. The third kappa shape index (κ3) is 6.33. The van der Waals surface area contributed by atoms with E-state index in [2.05, 4.69) is 63.0 Å². The highest BCUT2D eigenvalue weighted by atomic mass is 127. The maximum atomic E-state index is 5.57. The van der Waals surface area contributed by atoms with Gasteiger partial charge in [0.2, 0.25) is 0 Å². The number of nitrogens with zero attached hydrogens (tertiary/aromatic N) is 2. The third-order valence-electron chi connectivity index (χ3n) is 6.01. The van der Waals surface area contributed by atoms with E-state index >= 15 is 0 Å². The molecule has 0 spiro atoms. The number of benzene rings is 2. The van der Waals surface area contributed by atoms with Crippen LogP contribution in [0.4, 0.5) is 0 Å². The normalized spacial score (nSPS) is 22.2. The number of ether oxygens (including phenoxy) is 2. The predicted molar refractivity (Wildman–Crippen MR) is 136 cm³/mol. The molecule has 2 fully saturated rings. The molecule has 0 amide bonds. The fraction of sp³-hybridized carbons (Fsp3) is 0.458. The smallest absolute Gasteiger partial charge is 0.191 e. The summed E-state index contributed by atoms with van der Waals surface area (Å²) >= 11 is 0. The van der Waals surface area contributed by atoms with E-state index in [1.807, 2.05) is 19.2 Å². The average Bonchev–Trinajstić information content (AvgIpc) is 3.59. The fourth-order valence-corrected chi connectivity index (χ4v) is 4.16. The number of rotatable bonds is 7. The summed E-state index contributed by atoms with van der Waals surface area (Å²) < 4.78 is 10.9. The van der Waals surface area contributed by atoms with Gasteiger partial charge in [-0.15, -0.1) is 24.0 Å². The number of nitrogens with one attached hydrogen (secondary N) is 2. The summed E-state index contributed by atoms with van der Waals surface area (Å²) in [7, 11) is 3.54. The van der Waals surface area contributed by atoms with Crippen LogP contribution in [0.5, 0.6) is 5.75 Å². The van der Waals surface area contributed by atoms with Crippen molar-refractivity contribution in [3.05, 3.63) is 65.7 Å². The van der Waals surface area contributed by atoms with Crippen molar-refractivity contribution in [2.75, 3.05) is 47.0 Å². The standard InChI is InChI=1S/C24H32N4O2.HI/c1-25-24(27-22-16-21(22)18-6-4-3-5-7-18)26-17-23(28-12-14-30-15-13-28)19-8-10-20(29-2)11-9-19;/h3-11,21-23H,12-17H2,1-2H3,(H2,25,26,27);1H. The quantitative estimate of drug-likeness (QED) is 0.323. The summed E-state index contributed by atoms with van der Waals surface area (Å²) in [5.74, 6) is 2.32. The SMILES string of the molecule is CN=C(NCC(c1ccc(OC)cc1)N1CCOCC1)NC1CC1c1ccccc1.I. The molecule has 2 aromatic carbocycles. The molecule has 1 aliphatic carbocycles. The lowest BCUT2D eigenvalue weighted by Gasteiger charge is -2.35. The lowest BCUT2D eigenvalue weighted by atomic mass is 10.0. The van der Waals surface area contributed by atoms with Crippen LogP contribution in [0.3, 0.4) is 0 Å². The van der Waals surface area contributed by atoms with Crippen LogP contribution in [-0.2, 0) is 4.74 Å². The molecular weight excluding hydrogens is 503 g/mol. The van der Waals surface area contributed by atoms with E-state index in [4.69, 9.17) is 9.47 Å². The van der Waals surface area contributed by atoms with Crippen LogP contribution in [0.1, 0.15) is 29.5 Å². The van der Waals surface area contributed by atoms with Gasteiger partial charge in [0.05, 0.1) is 26.4 Å². The Morgan fingerprint density at radius 2 is 1.84 bits per heavy atom. The van der Waals surface area contributed by atoms with E-state index in [0.29, 0.717) is 12.0 Å². The molecule has 1 saturated carbocycles. The van der Waals surface area contributed by atoms with Crippen molar-refractivity contribution < 1.29 is 9.47 Å². The summed E-state index contributed by atoms with van der Waals surface area (Å²) in [6, 6.07) is 19.8. The Balaban J connectivity index is 0.00000272. The van der Waals surface area contributed by atoms with Crippen LogP contribution < -0.4 is 15.4 Å². The van der Waals surface area contributed by atoms with E-state index in [-0.39, 0.29) is 30.0 Å². The Bertz CT molecular complexity index is 825. The number of hydrogen-bond acceptors (Lipinski definition) is 4. The van der Waals surface area contributed by atoms with Crippen molar-refractivity contribution in [3.8, 4) is 5.75 Å². The van der Waals surface area contributed by atoms with Crippen LogP contribution in [0, 0.1) is 0 Å². The maximum Gasteiger partial charge on any atom is 0.191 e. The van der Waals surface area contributed by atoms with Crippen LogP contribution in [0.2, 0.25) is 0 Å². The summed E-state index contributed by atoms with van der Waals surface area (Å²) in [5.41, 5.74) is 2.67. The zero-order valence-electron chi connectivity index (χ0n) is 18.3. The number of aliphatic imine (C=N–C) groups is 1. The van der Waals surface area contributed by atoms with Crippen LogP contribution in [0.25, 0.3) is 0 Å². The minimum absolute atomic E-state index is 0. The summed E-state index contributed by atoms with van der Waals surface area (Å²) in [6.07, 6.45) is 1.15. The number of guanidine groups is 1. The van der Waals surface area contributed by atoms with Crippen molar-refractivity contribution in [3.63, 3.8) is 0 Å². The first-order valence-corrected chi connectivity index (χ1v) is 10.8. The highest BCUT2D eigenvalue weighted by molar-refractivity contribution is 14.0. The van der Waals surface area contributed by atoms with Crippen LogP contribution in [0.15, 0.2) is 59.6 Å². The Morgan fingerprint density at radius 1 is 1.13 bits per heavy atom. The van der Waals surface area contributed by atoms with Gasteiger partial charge in [-0.2, -0.15) is 0 Å². The first-order valence-electron chi connectivity index (χ1n) is 10.8. The molecule has 0 aromatic heterocycles. The topological polar surface area (TPSA) is 58.1 Å². The van der Waals surface area contributed by atoms with E-state index in [0.717, 1.165) is 51.0 Å². The van der Waals surface area contributed by atoms with Crippen molar-refractivity contribution in [2.24, 2.45) is 4.99 Å². The Morgan fingerprint density at radius 3 is 2.48 bits per heavy atom. The van der Waals surface area contributed by atoms with Crippen molar-refractivity contribution >= 4 is 29.9 Å². The van der Waals surface area contributed by atoms with Gasteiger partial charge in [0.15, 0.2) is 5.96 Å². The molecule has 7 heteroatoms. The molecule has 0 radical (unpaired) electrons. The van der Waals surface area contributed by atoms with Gasteiger partial charge in [0.25, 0.3) is 0 Å². The predicted octanol–water partition coefficient (Wildman–Crippen LogP) is 3.41. The van der Waals surface area contributed by atoms with E-state index in [1.54, 1.807) is 7.11 Å². The highest BCUT2D eigenvalue weighted by Crippen LogP contribution is 2.40.